The molecule has 0 spiro atoms. The Morgan fingerprint density at radius 3 is 2.24 bits per heavy atom. The molecular formula is C20H31NO3Si. The van der Waals surface area contributed by atoms with Gasteiger partial charge in [-0.05, 0) is 36.3 Å². The van der Waals surface area contributed by atoms with Gasteiger partial charge >= 0.3 is 8.80 Å². The number of aromatic nitrogens is 1. The standard InChI is InChI=1S/C20H31NO3Si/c1-22-25(23-2,24-3)16-9-7-5-4-6-8-11-18-12-10-13-19-17-21-15-14-20(18)19/h10,12-15,17H,4-9,11,16H2,1-3H3. The average Bonchev–Trinajstić information content (AvgIpc) is 2.67. The van der Waals surface area contributed by atoms with Gasteiger partial charge in [0.15, 0.2) is 0 Å². The fourth-order valence-corrected chi connectivity index (χ4v) is 5.12. The lowest BCUT2D eigenvalue weighted by atomic mass is 10.0. The summed E-state index contributed by atoms with van der Waals surface area (Å²) < 4.78 is 16.4. The molecule has 2 rings (SSSR count). The summed E-state index contributed by atoms with van der Waals surface area (Å²) in [5.74, 6) is 0. The molecule has 0 atom stereocenters. The van der Waals surface area contributed by atoms with Gasteiger partial charge in [0.25, 0.3) is 0 Å². The van der Waals surface area contributed by atoms with Crippen molar-refractivity contribution >= 4 is 19.6 Å². The lowest BCUT2D eigenvalue weighted by Crippen LogP contribution is -2.42. The number of pyridine rings is 1. The van der Waals surface area contributed by atoms with Crippen LogP contribution in [0, 0.1) is 0 Å². The van der Waals surface area contributed by atoms with Crippen LogP contribution in [0.1, 0.15) is 44.1 Å². The van der Waals surface area contributed by atoms with Gasteiger partial charge in [-0.15, -0.1) is 0 Å². The van der Waals surface area contributed by atoms with Crippen LogP contribution < -0.4 is 0 Å². The highest BCUT2D eigenvalue weighted by Gasteiger charge is 2.36. The van der Waals surface area contributed by atoms with Gasteiger partial charge in [0.2, 0.25) is 0 Å². The maximum atomic E-state index is 5.46. The van der Waals surface area contributed by atoms with Gasteiger partial charge in [-0.1, -0.05) is 43.9 Å². The number of rotatable bonds is 12. The first kappa shape index (κ1) is 20.0. The quantitative estimate of drug-likeness (QED) is 0.394. The number of nitrogens with zero attached hydrogens (tertiary/aromatic N) is 1. The molecule has 0 N–H and O–H groups in total. The largest absolute Gasteiger partial charge is 0.500 e. The highest BCUT2D eigenvalue weighted by molar-refractivity contribution is 6.60. The van der Waals surface area contributed by atoms with Crippen LogP contribution in [0.15, 0.2) is 36.7 Å². The first-order chi connectivity index (χ1) is 12.2. The number of benzene rings is 1. The molecule has 5 heteroatoms. The molecule has 4 nitrogen and oxygen atoms in total. The Morgan fingerprint density at radius 2 is 1.52 bits per heavy atom. The molecule has 0 aliphatic carbocycles. The fraction of sp³-hybridized carbons (Fsp3) is 0.550. The molecular weight excluding hydrogens is 330 g/mol. The van der Waals surface area contributed by atoms with Crippen molar-refractivity contribution in [3.05, 3.63) is 42.2 Å². The average molecular weight is 362 g/mol. The third-order valence-electron chi connectivity index (χ3n) is 4.88. The van der Waals surface area contributed by atoms with Gasteiger partial charge in [0.1, 0.15) is 0 Å². The Hall–Kier alpha value is -1.27. The summed E-state index contributed by atoms with van der Waals surface area (Å²) in [6, 6.07) is 9.54. The van der Waals surface area contributed by atoms with Crippen molar-refractivity contribution in [2.75, 3.05) is 21.3 Å². The van der Waals surface area contributed by atoms with E-state index in [2.05, 4.69) is 29.2 Å². The Labute approximate surface area is 152 Å². The van der Waals surface area contributed by atoms with Gasteiger partial charge in [0, 0.05) is 45.2 Å². The summed E-state index contributed by atoms with van der Waals surface area (Å²) >= 11 is 0. The van der Waals surface area contributed by atoms with Crippen molar-refractivity contribution in [2.45, 2.75) is 51.0 Å². The molecule has 0 fully saturated rings. The molecule has 0 saturated heterocycles. The predicted molar refractivity (Wildman–Crippen MR) is 105 cm³/mol. The Bertz CT molecular complexity index is 618. The van der Waals surface area contributed by atoms with Crippen LogP contribution in [0.4, 0.5) is 0 Å². The van der Waals surface area contributed by atoms with Crippen LogP contribution in [-0.4, -0.2) is 35.1 Å². The predicted octanol–water partition coefficient (Wildman–Crippen LogP) is 5.00. The topological polar surface area (TPSA) is 40.6 Å². The molecule has 138 valence electrons. The summed E-state index contributed by atoms with van der Waals surface area (Å²) in [4.78, 5) is 4.20. The molecule has 0 saturated carbocycles. The van der Waals surface area contributed by atoms with E-state index in [1.807, 2.05) is 12.4 Å². The van der Waals surface area contributed by atoms with E-state index in [1.165, 1.54) is 48.4 Å². The minimum atomic E-state index is -2.37. The second-order valence-electron chi connectivity index (χ2n) is 6.43. The maximum absolute atomic E-state index is 5.46. The zero-order valence-corrected chi connectivity index (χ0v) is 16.8. The van der Waals surface area contributed by atoms with Gasteiger partial charge in [-0.2, -0.15) is 0 Å². The molecule has 2 aromatic rings. The minimum Gasteiger partial charge on any atom is -0.377 e. The van der Waals surface area contributed by atoms with E-state index in [9.17, 15) is 0 Å². The molecule has 25 heavy (non-hydrogen) atoms. The van der Waals surface area contributed by atoms with E-state index in [0.717, 1.165) is 18.9 Å². The van der Waals surface area contributed by atoms with Crippen molar-refractivity contribution in [3.63, 3.8) is 0 Å². The van der Waals surface area contributed by atoms with Crippen molar-refractivity contribution in [1.29, 1.82) is 0 Å². The van der Waals surface area contributed by atoms with Gasteiger partial charge in [0.05, 0.1) is 0 Å². The fourth-order valence-electron chi connectivity index (χ4n) is 3.33. The summed E-state index contributed by atoms with van der Waals surface area (Å²) in [5, 5.41) is 2.58. The molecule has 0 aliphatic heterocycles. The normalized spacial score (nSPS) is 12.0. The summed E-state index contributed by atoms with van der Waals surface area (Å²) in [7, 11) is 2.68. The number of unbranched alkanes of at least 4 members (excludes halogenated alkanes) is 5. The van der Waals surface area contributed by atoms with Crippen molar-refractivity contribution < 1.29 is 13.3 Å². The van der Waals surface area contributed by atoms with Gasteiger partial charge in [-0.3, -0.25) is 4.98 Å². The van der Waals surface area contributed by atoms with E-state index in [4.69, 9.17) is 13.3 Å². The number of aryl methyl sites for hydroxylation is 1. The SMILES string of the molecule is CO[Si](CCCCCCCCc1cccc2cnccc12)(OC)OC. The van der Waals surface area contributed by atoms with Gasteiger partial charge < -0.3 is 13.3 Å². The van der Waals surface area contributed by atoms with Crippen LogP contribution in [0.3, 0.4) is 0 Å². The summed E-state index contributed by atoms with van der Waals surface area (Å²) in [6.45, 7) is 0. The number of hydrogen-bond acceptors (Lipinski definition) is 4. The molecule has 0 aliphatic rings. The van der Waals surface area contributed by atoms with E-state index < -0.39 is 8.80 Å². The van der Waals surface area contributed by atoms with Crippen LogP contribution in [0.25, 0.3) is 10.8 Å². The lowest BCUT2D eigenvalue weighted by molar-refractivity contribution is 0.122. The van der Waals surface area contributed by atoms with Crippen LogP contribution >= 0.6 is 0 Å². The monoisotopic (exact) mass is 361 g/mol. The number of hydrogen-bond donors (Lipinski definition) is 0. The molecule has 1 aromatic carbocycles. The smallest absolute Gasteiger partial charge is 0.377 e. The lowest BCUT2D eigenvalue weighted by Gasteiger charge is -2.24. The van der Waals surface area contributed by atoms with Crippen molar-refractivity contribution in [2.24, 2.45) is 0 Å². The molecule has 0 unspecified atom stereocenters. The zero-order valence-electron chi connectivity index (χ0n) is 15.8. The Balaban J connectivity index is 1.62. The Kier molecular flexibility index (Phi) is 8.55. The van der Waals surface area contributed by atoms with Gasteiger partial charge in [-0.25, -0.2) is 0 Å². The first-order valence-electron chi connectivity index (χ1n) is 9.22. The van der Waals surface area contributed by atoms with Crippen molar-refractivity contribution in [3.8, 4) is 0 Å². The summed E-state index contributed by atoms with van der Waals surface area (Å²) in [6.07, 6.45) is 12.4. The molecule has 0 radical (unpaired) electrons. The van der Waals surface area contributed by atoms with E-state index in [1.54, 1.807) is 21.3 Å². The minimum absolute atomic E-state index is 0.903. The van der Waals surface area contributed by atoms with Crippen molar-refractivity contribution in [1.82, 2.24) is 4.98 Å². The zero-order chi connectivity index (χ0) is 18.0. The third kappa shape index (κ3) is 5.89. The highest BCUT2D eigenvalue weighted by atomic mass is 28.4. The molecule has 0 amide bonds. The second kappa shape index (κ2) is 10.7. The second-order valence-corrected chi connectivity index (χ2v) is 9.52. The van der Waals surface area contributed by atoms with E-state index in [0.29, 0.717) is 0 Å². The number of fused-ring (bicyclic) bond motifs is 1. The van der Waals surface area contributed by atoms with E-state index in [-0.39, 0.29) is 0 Å². The highest BCUT2D eigenvalue weighted by Crippen LogP contribution is 2.21. The molecule has 0 bridgehead atoms. The Morgan fingerprint density at radius 1 is 0.840 bits per heavy atom. The van der Waals surface area contributed by atoms with Crippen LogP contribution in [0.5, 0.6) is 0 Å². The van der Waals surface area contributed by atoms with Crippen LogP contribution in [0.2, 0.25) is 6.04 Å². The molecule has 1 heterocycles. The maximum Gasteiger partial charge on any atom is 0.500 e. The third-order valence-corrected chi connectivity index (χ3v) is 7.72. The van der Waals surface area contributed by atoms with E-state index >= 15 is 0 Å². The summed E-state index contributed by atoms with van der Waals surface area (Å²) in [5.41, 5.74) is 1.44. The first-order valence-corrected chi connectivity index (χ1v) is 11.1. The molecule has 1 aromatic heterocycles. The van der Waals surface area contributed by atoms with Crippen LogP contribution in [-0.2, 0) is 19.7 Å².